The number of fused-ring (bicyclic) bond motifs is 1. The van der Waals surface area contributed by atoms with Crippen LogP contribution < -0.4 is 10.3 Å². The quantitative estimate of drug-likeness (QED) is 0.849. The van der Waals surface area contributed by atoms with Gasteiger partial charge < -0.3 is 14.5 Å². The van der Waals surface area contributed by atoms with Crippen molar-refractivity contribution in [2.75, 3.05) is 20.3 Å². The number of hydrogen-bond donors (Lipinski definition) is 1. The largest absolute Gasteiger partial charge is 0.490 e. The maximum absolute atomic E-state index is 12.2. The van der Waals surface area contributed by atoms with Gasteiger partial charge in [0.05, 0.1) is 23.7 Å². The molecule has 106 valence electrons. The summed E-state index contributed by atoms with van der Waals surface area (Å²) < 4.78 is 10.4. The molecule has 1 N–H and O–H groups in total. The summed E-state index contributed by atoms with van der Waals surface area (Å²) in [7, 11) is 1.62. The molecule has 2 aromatic rings. The highest BCUT2D eigenvalue weighted by Crippen LogP contribution is 2.35. The van der Waals surface area contributed by atoms with Gasteiger partial charge in [0.15, 0.2) is 0 Å². The molecule has 0 bridgehead atoms. The summed E-state index contributed by atoms with van der Waals surface area (Å²) >= 11 is 0. The van der Waals surface area contributed by atoms with Gasteiger partial charge in [-0.25, -0.2) is 0 Å². The van der Waals surface area contributed by atoms with Gasteiger partial charge >= 0.3 is 0 Å². The number of pyridine rings is 2. The average Bonchev–Trinajstić information content (AvgIpc) is 2.38. The first-order valence-electron chi connectivity index (χ1n) is 6.92. The van der Waals surface area contributed by atoms with E-state index in [2.05, 4.69) is 9.97 Å². The Hall–Kier alpha value is -1.88. The topological polar surface area (TPSA) is 64.2 Å². The van der Waals surface area contributed by atoms with Crippen molar-refractivity contribution in [2.45, 2.75) is 25.2 Å². The van der Waals surface area contributed by atoms with Crippen LogP contribution >= 0.6 is 0 Å². The van der Waals surface area contributed by atoms with Crippen molar-refractivity contribution in [1.82, 2.24) is 9.97 Å². The monoisotopic (exact) mass is 274 g/mol. The minimum Gasteiger partial charge on any atom is -0.490 e. The Kier molecular flexibility index (Phi) is 3.69. The zero-order valence-electron chi connectivity index (χ0n) is 11.5. The summed E-state index contributed by atoms with van der Waals surface area (Å²) in [6.45, 7) is 0.955. The smallest absolute Gasteiger partial charge is 0.257 e. The van der Waals surface area contributed by atoms with E-state index in [1.807, 2.05) is 6.07 Å². The zero-order chi connectivity index (χ0) is 13.9. The van der Waals surface area contributed by atoms with Crippen molar-refractivity contribution in [3.63, 3.8) is 0 Å². The van der Waals surface area contributed by atoms with E-state index in [9.17, 15) is 4.79 Å². The van der Waals surface area contributed by atoms with Crippen molar-refractivity contribution in [2.24, 2.45) is 0 Å². The number of aromatic nitrogens is 2. The molecule has 0 unspecified atom stereocenters. The maximum atomic E-state index is 12.2. The Bertz CT molecular complexity index is 662. The molecule has 0 spiro atoms. The van der Waals surface area contributed by atoms with Gasteiger partial charge in [0.25, 0.3) is 5.56 Å². The first-order valence-corrected chi connectivity index (χ1v) is 6.92. The summed E-state index contributed by atoms with van der Waals surface area (Å²) in [5, 5.41) is 0.572. The van der Waals surface area contributed by atoms with Crippen LogP contribution in [0.5, 0.6) is 5.75 Å². The van der Waals surface area contributed by atoms with Crippen LogP contribution in [0.4, 0.5) is 0 Å². The number of hydrogen-bond acceptors (Lipinski definition) is 4. The third kappa shape index (κ3) is 2.54. The molecule has 2 aromatic heterocycles. The summed E-state index contributed by atoms with van der Waals surface area (Å²) in [6.07, 6.45) is 5.20. The van der Waals surface area contributed by atoms with Crippen LogP contribution in [-0.4, -0.2) is 30.3 Å². The molecule has 5 heteroatoms. The average molecular weight is 274 g/mol. The lowest BCUT2D eigenvalue weighted by atomic mass is 9.82. The molecule has 0 radical (unpaired) electrons. The van der Waals surface area contributed by atoms with Crippen LogP contribution in [0.15, 0.2) is 23.1 Å². The SMILES string of the molecule is COCCOc1cnc2cc(C3CCC3)[nH]c(=O)c2c1. The molecule has 3 rings (SSSR count). The van der Waals surface area contributed by atoms with Crippen molar-refractivity contribution >= 4 is 10.9 Å². The van der Waals surface area contributed by atoms with Gasteiger partial charge in [0, 0.05) is 12.8 Å². The minimum absolute atomic E-state index is 0.0888. The number of ether oxygens (including phenoxy) is 2. The van der Waals surface area contributed by atoms with Crippen molar-refractivity contribution in [3.8, 4) is 5.75 Å². The summed E-state index contributed by atoms with van der Waals surface area (Å²) in [5.74, 6) is 1.09. The van der Waals surface area contributed by atoms with Crippen LogP contribution in [-0.2, 0) is 4.74 Å². The van der Waals surface area contributed by atoms with Gasteiger partial charge in [-0.15, -0.1) is 0 Å². The van der Waals surface area contributed by atoms with Gasteiger partial charge in [-0.2, -0.15) is 0 Å². The van der Waals surface area contributed by atoms with Crippen LogP contribution in [0.25, 0.3) is 10.9 Å². The van der Waals surface area contributed by atoms with Crippen LogP contribution in [0.3, 0.4) is 0 Å². The van der Waals surface area contributed by atoms with Gasteiger partial charge in [-0.3, -0.25) is 9.78 Å². The molecule has 1 saturated carbocycles. The Morgan fingerprint density at radius 3 is 2.90 bits per heavy atom. The highest BCUT2D eigenvalue weighted by Gasteiger charge is 2.21. The molecule has 2 heterocycles. The molecular weight excluding hydrogens is 256 g/mol. The lowest BCUT2D eigenvalue weighted by Gasteiger charge is -2.25. The lowest BCUT2D eigenvalue weighted by molar-refractivity contribution is 0.146. The van der Waals surface area contributed by atoms with E-state index >= 15 is 0 Å². The summed E-state index contributed by atoms with van der Waals surface area (Å²) in [6, 6.07) is 3.72. The lowest BCUT2D eigenvalue weighted by Crippen LogP contribution is -2.17. The first kappa shape index (κ1) is 13.1. The first-order chi connectivity index (χ1) is 9.78. The molecule has 0 saturated heterocycles. The Balaban J connectivity index is 1.90. The fourth-order valence-corrected chi connectivity index (χ4v) is 2.40. The number of nitrogens with one attached hydrogen (secondary N) is 1. The predicted molar refractivity (Wildman–Crippen MR) is 76.3 cm³/mol. The maximum Gasteiger partial charge on any atom is 0.257 e. The van der Waals surface area contributed by atoms with E-state index in [4.69, 9.17) is 9.47 Å². The number of aromatic amines is 1. The third-order valence-corrected chi connectivity index (χ3v) is 3.79. The van der Waals surface area contributed by atoms with Crippen LogP contribution in [0.2, 0.25) is 0 Å². The molecule has 1 aliphatic carbocycles. The van der Waals surface area contributed by atoms with Gasteiger partial charge in [0.2, 0.25) is 0 Å². The van der Waals surface area contributed by atoms with E-state index in [0.717, 1.165) is 24.1 Å². The predicted octanol–water partition coefficient (Wildman–Crippen LogP) is 2.22. The van der Waals surface area contributed by atoms with Crippen molar-refractivity contribution in [1.29, 1.82) is 0 Å². The van der Waals surface area contributed by atoms with Gasteiger partial charge in [0.1, 0.15) is 12.4 Å². The van der Waals surface area contributed by atoms with Crippen LogP contribution in [0.1, 0.15) is 30.9 Å². The van der Waals surface area contributed by atoms with Crippen molar-refractivity contribution < 1.29 is 9.47 Å². The fraction of sp³-hybridized carbons (Fsp3) is 0.467. The van der Waals surface area contributed by atoms with E-state index in [-0.39, 0.29) is 5.56 Å². The minimum atomic E-state index is -0.0888. The molecule has 0 aromatic carbocycles. The van der Waals surface area contributed by atoms with E-state index in [0.29, 0.717) is 30.3 Å². The molecule has 5 nitrogen and oxygen atoms in total. The fourth-order valence-electron chi connectivity index (χ4n) is 2.40. The van der Waals surface area contributed by atoms with E-state index < -0.39 is 0 Å². The Morgan fingerprint density at radius 2 is 2.20 bits per heavy atom. The number of nitrogens with zero attached hydrogens (tertiary/aromatic N) is 1. The van der Waals surface area contributed by atoms with Gasteiger partial charge in [-0.1, -0.05) is 6.42 Å². The summed E-state index contributed by atoms with van der Waals surface area (Å²) in [4.78, 5) is 19.5. The normalized spacial score (nSPS) is 15.2. The molecule has 0 aliphatic heterocycles. The molecule has 0 amide bonds. The second-order valence-corrected chi connectivity index (χ2v) is 5.13. The highest BCUT2D eigenvalue weighted by molar-refractivity contribution is 5.79. The number of H-pyrrole nitrogens is 1. The Morgan fingerprint density at radius 1 is 1.35 bits per heavy atom. The standard InChI is InChI=1S/C15H18N2O3/c1-19-5-6-20-11-7-12-14(16-9-11)8-13(17-15(12)18)10-3-2-4-10/h7-10H,2-6H2,1H3,(H,17,18). The summed E-state index contributed by atoms with van der Waals surface area (Å²) in [5.41, 5.74) is 1.65. The molecule has 1 aliphatic rings. The number of rotatable bonds is 5. The number of methoxy groups -OCH3 is 1. The third-order valence-electron chi connectivity index (χ3n) is 3.79. The second kappa shape index (κ2) is 5.63. The highest BCUT2D eigenvalue weighted by atomic mass is 16.5. The van der Waals surface area contributed by atoms with Crippen LogP contribution in [0, 0.1) is 0 Å². The van der Waals surface area contributed by atoms with E-state index in [1.165, 1.54) is 6.42 Å². The molecular formula is C15H18N2O3. The second-order valence-electron chi connectivity index (χ2n) is 5.13. The molecule has 20 heavy (non-hydrogen) atoms. The van der Waals surface area contributed by atoms with Gasteiger partial charge in [-0.05, 0) is 30.9 Å². The van der Waals surface area contributed by atoms with E-state index in [1.54, 1.807) is 19.4 Å². The molecule has 1 fully saturated rings. The van der Waals surface area contributed by atoms with Crippen molar-refractivity contribution in [3.05, 3.63) is 34.4 Å². The Labute approximate surface area is 116 Å². The molecule has 0 atom stereocenters. The zero-order valence-corrected chi connectivity index (χ0v) is 11.5.